The first kappa shape index (κ1) is 30.2. The first-order valence-corrected chi connectivity index (χ1v) is 15.8. The van der Waals surface area contributed by atoms with Gasteiger partial charge in [-0.05, 0) is 78.5 Å². The molecule has 5 aliphatic rings. The second kappa shape index (κ2) is 11.2. The highest BCUT2D eigenvalue weighted by Crippen LogP contribution is 2.65. The molecule has 8 nitrogen and oxygen atoms in total. The minimum atomic E-state index is -1.20. The number of carbonyl (C=O) groups excluding carboxylic acids is 2. The maximum Gasteiger partial charge on any atom is 0.481 e. The number of amides is 2. The molecule has 0 spiro atoms. The summed E-state index contributed by atoms with van der Waals surface area (Å²) >= 11 is 0. The first-order valence-electron chi connectivity index (χ1n) is 15.8. The van der Waals surface area contributed by atoms with Crippen LogP contribution in [0.4, 0.5) is 4.79 Å². The van der Waals surface area contributed by atoms with Gasteiger partial charge in [-0.2, -0.15) is 0 Å². The fourth-order valence-corrected chi connectivity index (χ4v) is 8.26. The number of aliphatic hydroxyl groups excluding tert-OH is 1. The second-order valence-electron chi connectivity index (χ2n) is 14.3. The Labute approximate surface area is 255 Å². The van der Waals surface area contributed by atoms with Gasteiger partial charge in [-0.25, -0.2) is 4.79 Å². The minimum absolute atomic E-state index is 0.00708. The highest BCUT2D eigenvalue weighted by molar-refractivity contribution is 6.48. The molecular formula is C34H45BN2O6. The number of carbonyl (C=O) groups is 2. The maximum atomic E-state index is 13.6. The van der Waals surface area contributed by atoms with Crippen LogP contribution in [0.5, 0.6) is 0 Å². The van der Waals surface area contributed by atoms with Crippen molar-refractivity contribution in [1.29, 1.82) is 0 Å². The summed E-state index contributed by atoms with van der Waals surface area (Å²) < 4.78 is 18.8. The molecule has 2 amide bonds. The van der Waals surface area contributed by atoms with Crippen molar-refractivity contribution < 1.29 is 28.7 Å². The number of hydrogen-bond donors (Lipinski definition) is 3. The molecule has 9 heteroatoms. The first-order chi connectivity index (χ1) is 20.4. The predicted octanol–water partition coefficient (Wildman–Crippen LogP) is 5.07. The Hall–Kier alpha value is -2.88. The average Bonchev–Trinajstić information content (AvgIpc) is 3.48. The third-order valence-corrected chi connectivity index (χ3v) is 10.7. The van der Waals surface area contributed by atoms with Crippen LogP contribution in [0.15, 0.2) is 48.5 Å². The molecule has 0 aromatic heterocycles. The zero-order valence-electron chi connectivity index (χ0n) is 26.1. The van der Waals surface area contributed by atoms with E-state index in [1.807, 2.05) is 24.3 Å². The van der Waals surface area contributed by atoms with Crippen molar-refractivity contribution in [2.24, 2.45) is 23.2 Å². The Morgan fingerprint density at radius 3 is 2.21 bits per heavy atom. The van der Waals surface area contributed by atoms with Crippen molar-refractivity contribution in [3.8, 4) is 11.1 Å². The lowest BCUT2D eigenvalue weighted by Crippen LogP contribution is -2.65. The molecule has 3 saturated carbocycles. The van der Waals surface area contributed by atoms with Crippen LogP contribution in [0.2, 0.25) is 0 Å². The number of ether oxygens (including phenoxy) is 1. The van der Waals surface area contributed by atoms with E-state index in [4.69, 9.17) is 14.0 Å². The summed E-state index contributed by atoms with van der Waals surface area (Å²) in [4.78, 5) is 26.6. The van der Waals surface area contributed by atoms with Gasteiger partial charge < -0.3 is 29.8 Å². The van der Waals surface area contributed by atoms with E-state index < -0.39 is 42.8 Å². The number of aliphatic hydroxyl groups is 1. The Morgan fingerprint density at radius 1 is 1.00 bits per heavy atom. The quantitative estimate of drug-likeness (QED) is 0.353. The summed E-state index contributed by atoms with van der Waals surface area (Å²) in [7, 11) is -0.597. The van der Waals surface area contributed by atoms with Gasteiger partial charge in [0.05, 0.1) is 23.8 Å². The van der Waals surface area contributed by atoms with Gasteiger partial charge >= 0.3 is 13.2 Å². The van der Waals surface area contributed by atoms with Crippen LogP contribution in [-0.4, -0.2) is 60.6 Å². The van der Waals surface area contributed by atoms with E-state index in [1.54, 1.807) is 0 Å². The molecular weight excluding hydrogens is 543 g/mol. The summed E-state index contributed by atoms with van der Waals surface area (Å²) in [6.45, 7) is 12.6. The zero-order chi connectivity index (χ0) is 30.7. The third kappa shape index (κ3) is 5.27. The predicted molar refractivity (Wildman–Crippen MR) is 165 cm³/mol. The zero-order valence-corrected chi connectivity index (χ0v) is 26.1. The summed E-state index contributed by atoms with van der Waals surface area (Å²) in [5, 5.41) is 16.2. The molecule has 1 heterocycles. The van der Waals surface area contributed by atoms with E-state index >= 15 is 0 Å². The largest absolute Gasteiger partial charge is 0.481 e. The van der Waals surface area contributed by atoms with Crippen LogP contribution in [0, 0.1) is 23.2 Å². The van der Waals surface area contributed by atoms with Crippen LogP contribution in [0.1, 0.15) is 77.8 Å². The van der Waals surface area contributed by atoms with Crippen LogP contribution >= 0.6 is 0 Å². The standard InChI is InChI=1S/C34H45BN2O6/c1-19(2)15-29(35-42-28-17-21-16-27(33(21,4)5)34(28,6)43-35)36-31(39)30(20(3)38)37-32(40)41-18-26-24-13-9-7-11-22(24)23-12-8-10-14-25(23)26/h7-14,19-21,26-30,38H,15-18H2,1-6H3,(H,36,39)(H,37,40)/t20-,21+,27+,28-,29+,30+,34+/m1/s1. The van der Waals surface area contributed by atoms with Gasteiger partial charge in [-0.3, -0.25) is 4.79 Å². The van der Waals surface area contributed by atoms with Gasteiger partial charge in [-0.1, -0.05) is 76.2 Å². The molecule has 7 atom stereocenters. The number of nitrogens with one attached hydrogen (secondary N) is 2. The van der Waals surface area contributed by atoms with E-state index in [9.17, 15) is 14.7 Å². The van der Waals surface area contributed by atoms with Crippen LogP contribution < -0.4 is 10.6 Å². The Kier molecular flexibility index (Phi) is 7.89. The lowest BCUT2D eigenvalue weighted by molar-refractivity contribution is -0.199. The van der Waals surface area contributed by atoms with Crippen molar-refractivity contribution in [3.63, 3.8) is 0 Å². The highest BCUT2D eigenvalue weighted by atomic mass is 16.7. The molecule has 2 aromatic rings. The SMILES string of the molecule is CC(C)C[C@H](NC(=O)[C@@H](NC(=O)OCC1c2ccccc2-c2ccccc21)[C@@H](C)O)B1O[C@@H]2C[C@@H]3C[C@@H](C3(C)C)[C@]2(C)O1. The molecule has 3 N–H and O–H groups in total. The number of fused-ring (bicyclic) bond motifs is 3. The van der Waals surface area contributed by atoms with E-state index in [-0.39, 0.29) is 30.0 Å². The van der Waals surface area contributed by atoms with E-state index in [2.05, 4.69) is 69.5 Å². The monoisotopic (exact) mass is 588 g/mol. The van der Waals surface area contributed by atoms with Crippen molar-refractivity contribution in [3.05, 3.63) is 59.7 Å². The molecule has 0 unspecified atom stereocenters. The molecule has 4 fully saturated rings. The summed E-state index contributed by atoms with van der Waals surface area (Å²) in [6.07, 6.45) is 0.834. The molecule has 7 rings (SSSR count). The van der Waals surface area contributed by atoms with Gasteiger partial charge in [0.2, 0.25) is 5.91 Å². The smallest absolute Gasteiger partial charge is 0.449 e. The van der Waals surface area contributed by atoms with Gasteiger partial charge in [0, 0.05) is 5.92 Å². The van der Waals surface area contributed by atoms with E-state index in [1.165, 1.54) is 6.92 Å². The fraction of sp³-hybridized carbons (Fsp3) is 0.588. The van der Waals surface area contributed by atoms with Crippen molar-refractivity contribution >= 4 is 19.1 Å². The Bertz CT molecular complexity index is 1330. The Morgan fingerprint density at radius 2 is 1.63 bits per heavy atom. The van der Waals surface area contributed by atoms with Crippen molar-refractivity contribution in [1.82, 2.24) is 10.6 Å². The maximum absolute atomic E-state index is 13.6. The second-order valence-corrected chi connectivity index (χ2v) is 14.3. The van der Waals surface area contributed by atoms with Crippen LogP contribution in [0.3, 0.4) is 0 Å². The van der Waals surface area contributed by atoms with Gasteiger partial charge in [0.15, 0.2) is 0 Å². The number of rotatable bonds is 9. The number of benzene rings is 2. The molecule has 0 radical (unpaired) electrons. The van der Waals surface area contributed by atoms with Crippen molar-refractivity contribution in [2.75, 3.05) is 6.61 Å². The molecule has 1 saturated heterocycles. The van der Waals surface area contributed by atoms with Crippen LogP contribution in [0.25, 0.3) is 11.1 Å². The summed E-state index contributed by atoms with van der Waals surface area (Å²) in [5.74, 6) is 0.261. The fourth-order valence-electron chi connectivity index (χ4n) is 8.26. The topological polar surface area (TPSA) is 106 Å². The molecule has 2 aromatic carbocycles. The third-order valence-electron chi connectivity index (χ3n) is 10.7. The number of alkyl carbamates (subject to hydrolysis) is 1. The molecule has 1 aliphatic heterocycles. The minimum Gasteiger partial charge on any atom is -0.449 e. The van der Waals surface area contributed by atoms with Gasteiger partial charge in [0.25, 0.3) is 0 Å². The number of hydrogen-bond acceptors (Lipinski definition) is 6. The Balaban J connectivity index is 1.11. The van der Waals surface area contributed by atoms with Crippen LogP contribution in [-0.2, 0) is 18.8 Å². The van der Waals surface area contributed by atoms with E-state index in [0.29, 0.717) is 18.3 Å². The molecule has 4 aliphatic carbocycles. The van der Waals surface area contributed by atoms with Gasteiger partial charge in [0.1, 0.15) is 12.6 Å². The highest BCUT2D eigenvalue weighted by Gasteiger charge is 2.68. The molecule has 2 bridgehead atoms. The van der Waals surface area contributed by atoms with Crippen molar-refractivity contribution in [2.45, 2.75) is 96.5 Å². The van der Waals surface area contributed by atoms with E-state index in [0.717, 1.165) is 35.1 Å². The normalized spacial score (nSPS) is 28.7. The lowest BCUT2D eigenvalue weighted by Gasteiger charge is -2.64. The average molecular weight is 589 g/mol. The lowest BCUT2D eigenvalue weighted by atomic mass is 9.43. The summed E-state index contributed by atoms with van der Waals surface area (Å²) in [5.41, 5.74) is 4.29. The molecule has 43 heavy (non-hydrogen) atoms. The summed E-state index contributed by atoms with van der Waals surface area (Å²) in [6, 6.07) is 15.0. The van der Waals surface area contributed by atoms with Gasteiger partial charge in [-0.15, -0.1) is 0 Å². The molecule has 230 valence electrons.